The molecular formula is C12H16O4. The van der Waals surface area contributed by atoms with E-state index in [0.29, 0.717) is 24.8 Å². The van der Waals surface area contributed by atoms with Crippen LogP contribution in [0.5, 0.6) is 0 Å². The number of aliphatic hydroxyl groups excluding tert-OH is 1. The minimum atomic E-state index is -0.804. The van der Waals surface area contributed by atoms with Crippen LogP contribution < -0.4 is 0 Å². The van der Waals surface area contributed by atoms with Gasteiger partial charge in [0.05, 0.1) is 6.10 Å². The van der Waals surface area contributed by atoms with E-state index in [1.807, 2.05) is 12.2 Å². The largest absolute Gasteiger partial charge is 0.481 e. The fraction of sp³-hybridized carbons (Fsp3) is 0.500. The minimum Gasteiger partial charge on any atom is -0.481 e. The van der Waals surface area contributed by atoms with Gasteiger partial charge in [-0.25, -0.2) is 0 Å². The molecule has 0 heterocycles. The molecule has 0 saturated heterocycles. The van der Waals surface area contributed by atoms with Crippen LogP contribution >= 0.6 is 0 Å². The number of allylic oxidation sites excluding steroid dienone is 3. The smallest absolute Gasteiger partial charge is 0.303 e. The third-order valence-corrected chi connectivity index (χ3v) is 2.42. The molecule has 16 heavy (non-hydrogen) atoms. The third-order valence-electron chi connectivity index (χ3n) is 2.42. The van der Waals surface area contributed by atoms with E-state index in [1.54, 1.807) is 6.08 Å². The Balaban J connectivity index is 2.18. The van der Waals surface area contributed by atoms with Gasteiger partial charge in [0.2, 0.25) is 0 Å². The topological polar surface area (TPSA) is 74.6 Å². The molecule has 0 spiro atoms. The van der Waals surface area contributed by atoms with Crippen molar-refractivity contribution in [2.24, 2.45) is 0 Å². The Morgan fingerprint density at radius 3 is 2.69 bits per heavy atom. The molecular weight excluding hydrogens is 208 g/mol. The summed E-state index contributed by atoms with van der Waals surface area (Å²) in [6.45, 7) is 0. The van der Waals surface area contributed by atoms with E-state index in [2.05, 4.69) is 0 Å². The fourth-order valence-electron chi connectivity index (χ4n) is 1.61. The van der Waals surface area contributed by atoms with Crippen LogP contribution in [-0.2, 0) is 9.59 Å². The van der Waals surface area contributed by atoms with Crippen molar-refractivity contribution in [2.75, 3.05) is 0 Å². The first-order valence-corrected chi connectivity index (χ1v) is 5.38. The van der Waals surface area contributed by atoms with Gasteiger partial charge in [-0.1, -0.05) is 12.2 Å². The maximum atomic E-state index is 11.3. The molecule has 0 amide bonds. The summed E-state index contributed by atoms with van der Waals surface area (Å²) in [5, 5.41) is 17.6. The lowest BCUT2D eigenvalue weighted by molar-refractivity contribution is -0.136. The highest BCUT2D eigenvalue weighted by atomic mass is 16.4. The molecule has 0 aromatic carbocycles. The van der Waals surface area contributed by atoms with Crippen LogP contribution in [0.3, 0.4) is 0 Å². The van der Waals surface area contributed by atoms with Crippen LogP contribution in [0.25, 0.3) is 0 Å². The SMILES string of the molecule is O=C(O)CC/C=C\CCC1=CC(O)CC1=O. The second kappa shape index (κ2) is 6.23. The van der Waals surface area contributed by atoms with E-state index in [1.165, 1.54) is 0 Å². The van der Waals surface area contributed by atoms with Crippen LogP contribution in [0.15, 0.2) is 23.8 Å². The molecule has 1 aliphatic carbocycles. The van der Waals surface area contributed by atoms with Gasteiger partial charge in [0, 0.05) is 12.8 Å². The number of rotatable bonds is 6. The van der Waals surface area contributed by atoms with Crippen LogP contribution in [0.1, 0.15) is 32.1 Å². The molecule has 0 aliphatic heterocycles. The molecule has 1 rings (SSSR count). The Morgan fingerprint density at radius 1 is 1.44 bits per heavy atom. The highest BCUT2D eigenvalue weighted by Crippen LogP contribution is 2.19. The van der Waals surface area contributed by atoms with Gasteiger partial charge < -0.3 is 10.2 Å². The molecule has 1 unspecified atom stereocenters. The highest BCUT2D eigenvalue weighted by molar-refractivity contribution is 5.98. The first-order valence-electron chi connectivity index (χ1n) is 5.38. The number of Topliss-reactive ketones (excluding diaryl/α,β-unsaturated/α-hetero) is 1. The minimum absolute atomic E-state index is 0.0198. The average molecular weight is 224 g/mol. The quantitative estimate of drug-likeness (QED) is 0.669. The van der Waals surface area contributed by atoms with Crippen molar-refractivity contribution in [3.63, 3.8) is 0 Å². The molecule has 4 heteroatoms. The lowest BCUT2D eigenvalue weighted by atomic mass is 10.1. The number of aliphatic carboxylic acids is 1. The average Bonchev–Trinajstić information content (AvgIpc) is 2.50. The molecule has 0 aromatic rings. The van der Waals surface area contributed by atoms with Crippen molar-refractivity contribution in [3.05, 3.63) is 23.8 Å². The van der Waals surface area contributed by atoms with Gasteiger partial charge in [-0.05, 0) is 30.9 Å². The molecule has 0 radical (unpaired) electrons. The van der Waals surface area contributed by atoms with Crippen molar-refractivity contribution >= 4 is 11.8 Å². The Labute approximate surface area is 94.3 Å². The summed E-state index contributed by atoms with van der Waals surface area (Å²) in [4.78, 5) is 21.5. The van der Waals surface area contributed by atoms with Crippen molar-refractivity contribution in [3.8, 4) is 0 Å². The molecule has 0 bridgehead atoms. The molecule has 1 atom stereocenters. The first-order chi connectivity index (χ1) is 7.59. The lowest BCUT2D eigenvalue weighted by Crippen LogP contribution is -2.01. The van der Waals surface area contributed by atoms with Crippen LogP contribution in [0, 0.1) is 0 Å². The molecule has 4 nitrogen and oxygen atoms in total. The predicted octanol–water partition coefficient (Wildman–Crippen LogP) is 1.45. The van der Waals surface area contributed by atoms with Crippen molar-refractivity contribution in [2.45, 2.75) is 38.2 Å². The number of carbonyl (C=O) groups excluding carboxylic acids is 1. The molecule has 88 valence electrons. The van der Waals surface area contributed by atoms with E-state index in [-0.39, 0.29) is 18.6 Å². The molecule has 0 aromatic heterocycles. The number of carboxylic acids is 1. The lowest BCUT2D eigenvalue weighted by Gasteiger charge is -1.95. The molecule has 2 N–H and O–H groups in total. The van der Waals surface area contributed by atoms with E-state index < -0.39 is 12.1 Å². The monoisotopic (exact) mass is 224 g/mol. The van der Waals surface area contributed by atoms with Crippen molar-refractivity contribution in [1.82, 2.24) is 0 Å². The summed E-state index contributed by atoms with van der Waals surface area (Å²) < 4.78 is 0. The Bertz CT molecular complexity index is 328. The van der Waals surface area contributed by atoms with E-state index >= 15 is 0 Å². The van der Waals surface area contributed by atoms with Gasteiger partial charge in [0.25, 0.3) is 0 Å². The second-order valence-corrected chi connectivity index (χ2v) is 3.83. The molecule has 1 aliphatic rings. The fourth-order valence-corrected chi connectivity index (χ4v) is 1.61. The summed E-state index contributed by atoms with van der Waals surface area (Å²) in [6.07, 6.45) is 6.88. The van der Waals surface area contributed by atoms with Crippen LogP contribution in [0.4, 0.5) is 0 Å². The number of ketones is 1. The van der Waals surface area contributed by atoms with Crippen molar-refractivity contribution in [1.29, 1.82) is 0 Å². The number of carbonyl (C=O) groups is 2. The number of aliphatic hydroxyl groups is 1. The van der Waals surface area contributed by atoms with E-state index in [9.17, 15) is 14.7 Å². The zero-order valence-corrected chi connectivity index (χ0v) is 9.06. The summed E-state index contributed by atoms with van der Waals surface area (Å²) >= 11 is 0. The van der Waals surface area contributed by atoms with Gasteiger partial charge in [0.15, 0.2) is 5.78 Å². The van der Waals surface area contributed by atoms with Crippen LogP contribution in [0.2, 0.25) is 0 Å². The highest BCUT2D eigenvalue weighted by Gasteiger charge is 2.20. The van der Waals surface area contributed by atoms with E-state index in [4.69, 9.17) is 5.11 Å². The first kappa shape index (κ1) is 12.6. The van der Waals surface area contributed by atoms with Crippen molar-refractivity contribution < 1.29 is 19.8 Å². The Kier molecular flexibility index (Phi) is 4.92. The van der Waals surface area contributed by atoms with Crippen LogP contribution in [-0.4, -0.2) is 28.1 Å². The number of hydrogen-bond donors (Lipinski definition) is 2. The molecule has 0 fully saturated rings. The second-order valence-electron chi connectivity index (χ2n) is 3.83. The van der Waals surface area contributed by atoms with Gasteiger partial charge in [-0.3, -0.25) is 9.59 Å². The summed E-state index contributed by atoms with van der Waals surface area (Å²) in [5.41, 5.74) is 0.690. The Hall–Kier alpha value is -1.42. The summed E-state index contributed by atoms with van der Waals surface area (Å²) in [5.74, 6) is -0.784. The predicted molar refractivity (Wildman–Crippen MR) is 59.0 cm³/mol. The number of carboxylic acid groups (broad SMARTS) is 1. The van der Waals surface area contributed by atoms with E-state index in [0.717, 1.165) is 0 Å². The number of hydrogen-bond acceptors (Lipinski definition) is 3. The zero-order chi connectivity index (χ0) is 12.0. The summed E-state index contributed by atoms with van der Waals surface area (Å²) in [7, 11) is 0. The Morgan fingerprint density at radius 2 is 2.12 bits per heavy atom. The maximum Gasteiger partial charge on any atom is 0.303 e. The van der Waals surface area contributed by atoms with Gasteiger partial charge >= 0.3 is 5.97 Å². The maximum absolute atomic E-state index is 11.3. The summed E-state index contributed by atoms with van der Waals surface area (Å²) in [6, 6.07) is 0. The third kappa shape index (κ3) is 4.40. The molecule has 0 saturated carbocycles. The zero-order valence-electron chi connectivity index (χ0n) is 9.06. The van der Waals surface area contributed by atoms with Gasteiger partial charge in [-0.2, -0.15) is 0 Å². The van der Waals surface area contributed by atoms with Gasteiger partial charge in [0.1, 0.15) is 0 Å². The standard InChI is InChI=1S/C12H16O4/c13-10-7-9(11(14)8-10)5-3-1-2-4-6-12(15)16/h1-2,7,10,13H,3-6,8H2,(H,15,16)/b2-1-. The normalized spacial score (nSPS) is 20.4. The van der Waals surface area contributed by atoms with Gasteiger partial charge in [-0.15, -0.1) is 0 Å².